The van der Waals surface area contributed by atoms with Crippen molar-refractivity contribution in [2.24, 2.45) is 0 Å². The van der Waals surface area contributed by atoms with E-state index in [0.29, 0.717) is 51.4 Å². The molecule has 0 aromatic heterocycles. The Hall–Kier alpha value is -1.48. The average molecular weight is 412 g/mol. The number of sulfonamides is 1. The Morgan fingerprint density at radius 3 is 2.57 bits per heavy atom. The predicted molar refractivity (Wildman–Crippen MR) is 111 cm³/mol. The molecule has 1 saturated heterocycles. The van der Waals surface area contributed by atoms with Gasteiger partial charge >= 0.3 is 0 Å². The van der Waals surface area contributed by atoms with Crippen LogP contribution in [-0.2, 0) is 21.3 Å². The van der Waals surface area contributed by atoms with Crippen molar-refractivity contribution in [3.05, 3.63) is 35.4 Å². The Bertz CT molecular complexity index is 729. The maximum Gasteiger partial charge on any atom is 0.251 e. The molecule has 1 aromatic rings. The molecule has 158 valence electrons. The van der Waals surface area contributed by atoms with E-state index in [1.54, 1.807) is 11.2 Å². The summed E-state index contributed by atoms with van der Waals surface area (Å²) < 4.78 is 30.9. The van der Waals surface area contributed by atoms with E-state index < -0.39 is 10.0 Å². The summed E-state index contributed by atoms with van der Waals surface area (Å²) in [7, 11) is -3.11. The van der Waals surface area contributed by atoms with Gasteiger partial charge in [-0.05, 0) is 44.9 Å². The molecule has 1 aliphatic heterocycles. The van der Waals surface area contributed by atoms with Gasteiger partial charge in [-0.3, -0.25) is 9.69 Å². The predicted octanol–water partition coefficient (Wildman–Crippen LogP) is 1.70. The third-order valence-corrected chi connectivity index (χ3v) is 6.62. The van der Waals surface area contributed by atoms with E-state index in [1.807, 2.05) is 38.1 Å². The molecular weight excluding hydrogens is 378 g/mol. The summed E-state index contributed by atoms with van der Waals surface area (Å²) in [6.45, 7) is 10.0. The second kappa shape index (κ2) is 10.9. The molecule has 1 amide bonds. The Morgan fingerprint density at radius 1 is 1.21 bits per heavy atom. The van der Waals surface area contributed by atoms with Crippen molar-refractivity contribution in [3.63, 3.8) is 0 Å². The summed E-state index contributed by atoms with van der Waals surface area (Å²) in [5, 5.41) is 2.93. The van der Waals surface area contributed by atoms with Crippen molar-refractivity contribution in [1.82, 2.24) is 14.5 Å². The first-order valence-electron chi connectivity index (χ1n) is 10.0. The van der Waals surface area contributed by atoms with Crippen LogP contribution in [0.3, 0.4) is 0 Å². The van der Waals surface area contributed by atoms with E-state index in [-0.39, 0.29) is 17.8 Å². The number of nitrogens with one attached hydrogen (secondary N) is 1. The van der Waals surface area contributed by atoms with Gasteiger partial charge < -0.3 is 10.1 Å². The molecule has 0 spiro atoms. The fourth-order valence-corrected chi connectivity index (χ4v) is 4.20. The molecule has 1 fully saturated rings. The van der Waals surface area contributed by atoms with Gasteiger partial charge in [-0.1, -0.05) is 12.1 Å². The standard InChI is InChI=1S/C20H33N3O4S/c1-4-28(25,26)23-12-10-22(11-13-23)16-18-7-5-8-19(15-18)20(24)21-9-6-14-27-17(2)3/h5,7-8,15,17H,4,6,9-14,16H2,1-3H3,(H,21,24). The molecule has 2 rings (SSSR count). The van der Waals surface area contributed by atoms with Crippen LogP contribution in [0.4, 0.5) is 0 Å². The monoisotopic (exact) mass is 411 g/mol. The van der Waals surface area contributed by atoms with Crippen molar-refractivity contribution >= 4 is 15.9 Å². The highest BCUT2D eigenvalue weighted by molar-refractivity contribution is 7.89. The van der Waals surface area contributed by atoms with Crippen molar-refractivity contribution in [3.8, 4) is 0 Å². The summed E-state index contributed by atoms with van der Waals surface area (Å²) in [6.07, 6.45) is 0.991. The highest BCUT2D eigenvalue weighted by Gasteiger charge is 2.25. The topological polar surface area (TPSA) is 79.0 Å². The number of benzene rings is 1. The third kappa shape index (κ3) is 7.16. The van der Waals surface area contributed by atoms with E-state index in [0.717, 1.165) is 12.0 Å². The Kier molecular flexibility index (Phi) is 8.88. The number of hydrogen-bond acceptors (Lipinski definition) is 5. The molecule has 28 heavy (non-hydrogen) atoms. The van der Waals surface area contributed by atoms with E-state index in [2.05, 4.69) is 10.2 Å². The number of piperazine rings is 1. The quantitative estimate of drug-likeness (QED) is 0.593. The molecule has 8 heteroatoms. The maximum atomic E-state index is 12.3. The number of ether oxygens (including phenoxy) is 1. The van der Waals surface area contributed by atoms with Crippen LogP contribution in [0.1, 0.15) is 43.1 Å². The summed E-state index contributed by atoms with van der Waals surface area (Å²) in [5.41, 5.74) is 1.71. The number of amides is 1. The molecule has 0 unspecified atom stereocenters. The fraction of sp³-hybridized carbons (Fsp3) is 0.650. The lowest BCUT2D eigenvalue weighted by Crippen LogP contribution is -2.48. The molecule has 0 atom stereocenters. The second-order valence-electron chi connectivity index (χ2n) is 7.31. The van der Waals surface area contributed by atoms with Crippen LogP contribution in [0.25, 0.3) is 0 Å². The molecule has 7 nitrogen and oxygen atoms in total. The zero-order chi connectivity index (χ0) is 20.6. The van der Waals surface area contributed by atoms with Crippen LogP contribution in [-0.4, -0.2) is 74.7 Å². The fourth-order valence-electron chi connectivity index (χ4n) is 3.11. The number of rotatable bonds is 10. The molecule has 0 bridgehead atoms. The lowest BCUT2D eigenvalue weighted by Gasteiger charge is -2.33. The first-order chi connectivity index (χ1) is 13.3. The zero-order valence-corrected chi connectivity index (χ0v) is 18.0. The Morgan fingerprint density at radius 2 is 1.93 bits per heavy atom. The van der Waals surface area contributed by atoms with Crippen molar-refractivity contribution < 1.29 is 17.9 Å². The zero-order valence-electron chi connectivity index (χ0n) is 17.2. The van der Waals surface area contributed by atoms with Crippen LogP contribution in [0.2, 0.25) is 0 Å². The van der Waals surface area contributed by atoms with Gasteiger partial charge in [0.25, 0.3) is 5.91 Å². The Labute approximate surface area is 169 Å². The molecule has 1 aromatic carbocycles. The molecule has 1 heterocycles. The van der Waals surface area contributed by atoms with Crippen molar-refractivity contribution in [2.75, 3.05) is 45.1 Å². The highest BCUT2D eigenvalue weighted by Crippen LogP contribution is 2.13. The van der Waals surface area contributed by atoms with E-state index in [1.165, 1.54) is 0 Å². The molecule has 0 saturated carbocycles. The summed E-state index contributed by atoms with van der Waals surface area (Å²) in [5.74, 6) is 0.0681. The average Bonchev–Trinajstić information content (AvgIpc) is 2.68. The lowest BCUT2D eigenvalue weighted by molar-refractivity contribution is 0.0757. The first kappa shape index (κ1) is 22.8. The molecular formula is C20H33N3O4S. The number of carbonyl (C=O) groups excluding carboxylic acids is 1. The Balaban J connectivity index is 1.81. The second-order valence-corrected chi connectivity index (χ2v) is 9.56. The van der Waals surface area contributed by atoms with Crippen LogP contribution >= 0.6 is 0 Å². The minimum Gasteiger partial charge on any atom is -0.379 e. The van der Waals surface area contributed by atoms with Gasteiger partial charge in [-0.2, -0.15) is 4.31 Å². The van der Waals surface area contributed by atoms with Gasteiger partial charge in [-0.15, -0.1) is 0 Å². The summed E-state index contributed by atoms with van der Waals surface area (Å²) in [6, 6.07) is 7.62. The van der Waals surface area contributed by atoms with Crippen LogP contribution in [0.15, 0.2) is 24.3 Å². The minimum atomic E-state index is -3.11. The van der Waals surface area contributed by atoms with Crippen LogP contribution in [0, 0.1) is 0 Å². The van der Waals surface area contributed by atoms with Gasteiger partial charge in [0.2, 0.25) is 10.0 Å². The SMILES string of the molecule is CCS(=O)(=O)N1CCN(Cc2cccc(C(=O)NCCCOC(C)C)c2)CC1. The molecule has 0 aliphatic carbocycles. The van der Waals surface area contributed by atoms with Gasteiger partial charge in [-0.25, -0.2) is 8.42 Å². The normalized spacial score (nSPS) is 16.4. The third-order valence-electron chi connectivity index (χ3n) is 4.74. The number of carbonyl (C=O) groups is 1. The summed E-state index contributed by atoms with van der Waals surface area (Å²) in [4.78, 5) is 14.6. The van der Waals surface area contributed by atoms with Crippen molar-refractivity contribution in [1.29, 1.82) is 0 Å². The number of nitrogens with zero attached hydrogens (tertiary/aromatic N) is 2. The lowest BCUT2D eigenvalue weighted by atomic mass is 10.1. The summed E-state index contributed by atoms with van der Waals surface area (Å²) >= 11 is 0. The van der Waals surface area contributed by atoms with E-state index in [9.17, 15) is 13.2 Å². The first-order valence-corrected chi connectivity index (χ1v) is 11.6. The van der Waals surface area contributed by atoms with Crippen LogP contribution < -0.4 is 5.32 Å². The molecule has 1 aliphatic rings. The van der Waals surface area contributed by atoms with E-state index in [4.69, 9.17) is 4.74 Å². The van der Waals surface area contributed by atoms with Gasteiger partial charge in [0.15, 0.2) is 0 Å². The van der Waals surface area contributed by atoms with Crippen LogP contribution in [0.5, 0.6) is 0 Å². The maximum absolute atomic E-state index is 12.3. The van der Waals surface area contributed by atoms with Gasteiger partial charge in [0.05, 0.1) is 11.9 Å². The highest BCUT2D eigenvalue weighted by atomic mass is 32.2. The molecule has 0 radical (unpaired) electrons. The molecule has 1 N–H and O–H groups in total. The minimum absolute atomic E-state index is 0.0785. The largest absolute Gasteiger partial charge is 0.379 e. The smallest absolute Gasteiger partial charge is 0.251 e. The van der Waals surface area contributed by atoms with Gasteiger partial charge in [0, 0.05) is 51.4 Å². The van der Waals surface area contributed by atoms with E-state index >= 15 is 0 Å². The van der Waals surface area contributed by atoms with Crippen molar-refractivity contribution in [2.45, 2.75) is 39.8 Å². The van der Waals surface area contributed by atoms with Gasteiger partial charge in [0.1, 0.15) is 0 Å². The number of hydrogen-bond donors (Lipinski definition) is 1.